The van der Waals surface area contributed by atoms with Crippen LogP contribution in [0, 0.1) is 0 Å². The molecular weight excluding hydrogens is 146 g/mol. The molecule has 0 saturated carbocycles. The van der Waals surface area contributed by atoms with E-state index in [9.17, 15) is 4.79 Å². The quantitative estimate of drug-likeness (QED) is 0.584. The molecule has 1 atom stereocenters. The predicted molar refractivity (Wildman–Crippen MR) is 39.0 cm³/mol. The maximum atomic E-state index is 11.1. The van der Waals surface area contributed by atoms with E-state index in [4.69, 9.17) is 4.74 Å². The second kappa shape index (κ2) is 4.31. The summed E-state index contributed by atoms with van der Waals surface area (Å²) in [4.78, 5) is 11.1. The number of methoxy groups -OCH3 is 1. The molecule has 4 nitrogen and oxygen atoms in total. The molecule has 1 rings (SSSR count). The number of nitrogens with one attached hydrogen (secondary N) is 1. The van der Waals surface area contributed by atoms with Gasteiger partial charge in [0.05, 0.1) is 0 Å². The Morgan fingerprint density at radius 2 is 2.64 bits per heavy atom. The summed E-state index contributed by atoms with van der Waals surface area (Å²) in [6.45, 7) is 0.962. The summed E-state index contributed by atoms with van der Waals surface area (Å²) in [5, 5.41) is 2.59. The van der Waals surface area contributed by atoms with E-state index in [1.807, 2.05) is 0 Å². The zero-order valence-electron chi connectivity index (χ0n) is 6.63. The van der Waals surface area contributed by atoms with Crippen molar-refractivity contribution in [3.8, 4) is 0 Å². The molecule has 4 heteroatoms. The smallest absolute Gasteiger partial charge is 0.250 e. The van der Waals surface area contributed by atoms with Crippen LogP contribution in [0.1, 0.15) is 12.8 Å². The van der Waals surface area contributed by atoms with Gasteiger partial charge in [0.2, 0.25) is 0 Å². The van der Waals surface area contributed by atoms with E-state index in [-0.39, 0.29) is 18.7 Å². The summed E-state index contributed by atoms with van der Waals surface area (Å²) in [7, 11) is 1.54. The van der Waals surface area contributed by atoms with Crippen LogP contribution in [-0.4, -0.2) is 32.5 Å². The van der Waals surface area contributed by atoms with E-state index >= 15 is 0 Å². The van der Waals surface area contributed by atoms with Crippen LogP contribution < -0.4 is 5.32 Å². The van der Waals surface area contributed by atoms with Gasteiger partial charge in [-0.05, 0) is 12.8 Å². The first-order valence-corrected chi connectivity index (χ1v) is 3.73. The summed E-state index contributed by atoms with van der Waals surface area (Å²) in [6.07, 6.45) is 1.56. The highest BCUT2D eigenvalue weighted by atomic mass is 16.5. The van der Waals surface area contributed by atoms with Gasteiger partial charge in [0.25, 0.3) is 5.91 Å². The Morgan fingerprint density at radius 3 is 3.18 bits per heavy atom. The van der Waals surface area contributed by atoms with Crippen molar-refractivity contribution in [2.24, 2.45) is 0 Å². The highest BCUT2D eigenvalue weighted by molar-refractivity contribution is 5.80. The Kier molecular flexibility index (Phi) is 3.32. The van der Waals surface area contributed by atoms with Crippen LogP contribution in [0.2, 0.25) is 0 Å². The lowest BCUT2D eigenvalue weighted by molar-refractivity contribution is -0.131. The van der Waals surface area contributed by atoms with Gasteiger partial charge in [-0.3, -0.25) is 4.79 Å². The molecule has 64 valence electrons. The van der Waals surface area contributed by atoms with Crippen LogP contribution >= 0.6 is 0 Å². The first-order valence-electron chi connectivity index (χ1n) is 3.73. The normalized spacial score (nSPS) is 23.5. The fraction of sp³-hybridized carbons (Fsp3) is 0.857. The van der Waals surface area contributed by atoms with Crippen molar-refractivity contribution in [1.82, 2.24) is 5.32 Å². The molecule has 1 aliphatic rings. The molecule has 0 spiro atoms. The molecule has 0 radical (unpaired) electrons. The molecule has 0 aromatic carbocycles. The lowest BCUT2D eigenvalue weighted by atomic mass is 10.2. The lowest BCUT2D eigenvalue weighted by Gasteiger charge is -2.08. The Balaban J connectivity index is 2.17. The molecule has 1 fully saturated rings. The Bertz CT molecular complexity index is 132. The van der Waals surface area contributed by atoms with Crippen LogP contribution in [0.25, 0.3) is 0 Å². The second-order valence-electron chi connectivity index (χ2n) is 2.48. The summed E-state index contributed by atoms with van der Waals surface area (Å²) in [5.74, 6) is -0.0654. The molecule has 1 N–H and O–H groups in total. The molecule has 1 unspecified atom stereocenters. The van der Waals surface area contributed by atoms with Gasteiger partial charge in [0.1, 0.15) is 12.8 Å². The van der Waals surface area contributed by atoms with E-state index in [0.717, 1.165) is 12.8 Å². The zero-order chi connectivity index (χ0) is 8.10. The molecule has 1 aliphatic heterocycles. The fourth-order valence-corrected chi connectivity index (χ4v) is 1.04. The molecule has 1 saturated heterocycles. The average molecular weight is 159 g/mol. The standard InChI is InChI=1S/C7H13NO3/c1-10-5-8-7(9)6-3-2-4-11-6/h6H,2-5H2,1H3,(H,8,9). The van der Waals surface area contributed by atoms with Gasteiger partial charge in [-0.1, -0.05) is 0 Å². The Morgan fingerprint density at radius 1 is 1.82 bits per heavy atom. The van der Waals surface area contributed by atoms with Crippen LogP contribution in [0.3, 0.4) is 0 Å². The summed E-state index contributed by atoms with van der Waals surface area (Å²) >= 11 is 0. The number of carbonyl (C=O) groups is 1. The average Bonchev–Trinajstić information content (AvgIpc) is 2.52. The Labute approximate surface area is 65.9 Å². The number of ether oxygens (including phenoxy) is 2. The van der Waals surface area contributed by atoms with Crippen molar-refractivity contribution in [2.75, 3.05) is 20.4 Å². The summed E-state index contributed by atoms with van der Waals surface area (Å²) < 4.78 is 9.83. The van der Waals surface area contributed by atoms with Crippen LogP contribution in [0.15, 0.2) is 0 Å². The minimum atomic E-state index is -0.245. The summed E-state index contributed by atoms with van der Waals surface area (Å²) in [6, 6.07) is 0. The number of rotatable bonds is 3. The fourth-order valence-electron chi connectivity index (χ4n) is 1.04. The maximum absolute atomic E-state index is 11.1. The van der Waals surface area contributed by atoms with E-state index in [2.05, 4.69) is 10.1 Å². The first kappa shape index (κ1) is 8.49. The zero-order valence-corrected chi connectivity index (χ0v) is 6.63. The third-order valence-electron chi connectivity index (χ3n) is 1.61. The minimum absolute atomic E-state index is 0.0654. The van der Waals surface area contributed by atoms with E-state index in [0.29, 0.717) is 6.61 Å². The Hall–Kier alpha value is -0.610. The largest absolute Gasteiger partial charge is 0.368 e. The SMILES string of the molecule is COCNC(=O)C1CCCO1. The third-order valence-corrected chi connectivity index (χ3v) is 1.61. The van der Waals surface area contributed by atoms with Crippen LogP contribution in [-0.2, 0) is 14.3 Å². The highest BCUT2D eigenvalue weighted by Crippen LogP contribution is 2.11. The number of hydrogen-bond donors (Lipinski definition) is 1. The monoisotopic (exact) mass is 159 g/mol. The molecular formula is C7H13NO3. The number of hydrogen-bond acceptors (Lipinski definition) is 3. The van der Waals surface area contributed by atoms with E-state index < -0.39 is 0 Å². The molecule has 1 amide bonds. The van der Waals surface area contributed by atoms with Gasteiger partial charge in [0.15, 0.2) is 0 Å². The molecule has 1 heterocycles. The van der Waals surface area contributed by atoms with Crippen molar-refractivity contribution in [3.63, 3.8) is 0 Å². The van der Waals surface area contributed by atoms with Gasteiger partial charge in [-0.15, -0.1) is 0 Å². The van der Waals surface area contributed by atoms with Gasteiger partial charge in [-0.25, -0.2) is 0 Å². The van der Waals surface area contributed by atoms with Gasteiger partial charge in [0, 0.05) is 13.7 Å². The molecule has 0 aliphatic carbocycles. The van der Waals surface area contributed by atoms with Crippen molar-refractivity contribution in [3.05, 3.63) is 0 Å². The van der Waals surface area contributed by atoms with Gasteiger partial charge >= 0.3 is 0 Å². The number of carbonyl (C=O) groups excluding carboxylic acids is 1. The minimum Gasteiger partial charge on any atom is -0.368 e. The number of amides is 1. The van der Waals surface area contributed by atoms with E-state index in [1.54, 1.807) is 0 Å². The molecule has 11 heavy (non-hydrogen) atoms. The maximum Gasteiger partial charge on any atom is 0.250 e. The first-order chi connectivity index (χ1) is 5.34. The summed E-state index contributed by atoms with van der Waals surface area (Å²) in [5.41, 5.74) is 0. The van der Waals surface area contributed by atoms with E-state index in [1.165, 1.54) is 7.11 Å². The van der Waals surface area contributed by atoms with Crippen molar-refractivity contribution in [1.29, 1.82) is 0 Å². The molecule has 0 aromatic rings. The topological polar surface area (TPSA) is 47.6 Å². The van der Waals surface area contributed by atoms with Crippen LogP contribution in [0.5, 0.6) is 0 Å². The van der Waals surface area contributed by atoms with Crippen LogP contribution in [0.4, 0.5) is 0 Å². The second-order valence-corrected chi connectivity index (χ2v) is 2.48. The highest BCUT2D eigenvalue weighted by Gasteiger charge is 2.22. The predicted octanol–water partition coefficient (Wildman–Crippen LogP) is -0.115. The molecule has 0 bridgehead atoms. The third kappa shape index (κ3) is 2.48. The molecule has 0 aromatic heterocycles. The lowest BCUT2D eigenvalue weighted by Crippen LogP contribution is -2.35. The van der Waals surface area contributed by atoms with Crippen molar-refractivity contribution >= 4 is 5.91 Å². The van der Waals surface area contributed by atoms with Gasteiger partial charge < -0.3 is 14.8 Å². The van der Waals surface area contributed by atoms with Crippen molar-refractivity contribution in [2.45, 2.75) is 18.9 Å². The van der Waals surface area contributed by atoms with Gasteiger partial charge in [-0.2, -0.15) is 0 Å². The van der Waals surface area contributed by atoms with Crippen molar-refractivity contribution < 1.29 is 14.3 Å².